The van der Waals surface area contributed by atoms with Crippen LogP contribution in [0.1, 0.15) is 32.7 Å². The number of methoxy groups -OCH3 is 1. The SMILES string of the molecule is COc1cc(C(=O)Nc2cc(C(=O)N3C[C@@H]4C[C@H](O)[C@@H]4C3)cc(C(F)(F)F)c2)ccn1. The second-order valence-electron chi connectivity index (χ2n) is 7.77. The molecule has 2 aliphatic rings. The summed E-state index contributed by atoms with van der Waals surface area (Å²) in [6, 6.07) is 5.53. The molecule has 31 heavy (non-hydrogen) atoms. The number of alkyl halides is 3. The Bertz CT molecular complexity index is 1030. The highest BCUT2D eigenvalue weighted by Gasteiger charge is 2.47. The van der Waals surface area contributed by atoms with Crippen LogP contribution in [-0.2, 0) is 6.18 Å². The molecule has 2 amide bonds. The molecule has 1 aromatic carbocycles. The number of likely N-dealkylation sites (tertiary alicyclic amines) is 1. The van der Waals surface area contributed by atoms with Gasteiger partial charge in [-0.1, -0.05) is 0 Å². The number of halogens is 3. The van der Waals surface area contributed by atoms with Crippen LogP contribution in [0.15, 0.2) is 36.5 Å². The summed E-state index contributed by atoms with van der Waals surface area (Å²) in [5.41, 5.74) is -1.22. The van der Waals surface area contributed by atoms with Crippen LogP contribution < -0.4 is 10.1 Å². The first-order valence-corrected chi connectivity index (χ1v) is 9.66. The summed E-state index contributed by atoms with van der Waals surface area (Å²) >= 11 is 0. The maximum atomic E-state index is 13.4. The van der Waals surface area contributed by atoms with Crippen molar-refractivity contribution in [3.05, 3.63) is 53.2 Å². The van der Waals surface area contributed by atoms with Gasteiger partial charge < -0.3 is 20.1 Å². The van der Waals surface area contributed by atoms with Crippen molar-refractivity contribution >= 4 is 17.5 Å². The average molecular weight is 435 g/mol. The molecule has 1 aliphatic heterocycles. The Hall–Kier alpha value is -3.14. The summed E-state index contributed by atoms with van der Waals surface area (Å²) in [7, 11) is 1.37. The van der Waals surface area contributed by atoms with Gasteiger partial charge in [0.2, 0.25) is 5.88 Å². The molecule has 1 saturated carbocycles. The molecule has 0 bridgehead atoms. The Morgan fingerprint density at radius 2 is 1.97 bits per heavy atom. The molecule has 0 spiro atoms. The lowest BCUT2D eigenvalue weighted by Gasteiger charge is -2.34. The number of aliphatic hydroxyl groups excluding tert-OH is 1. The van der Waals surface area contributed by atoms with E-state index in [2.05, 4.69) is 10.3 Å². The zero-order valence-corrected chi connectivity index (χ0v) is 16.5. The topological polar surface area (TPSA) is 91.8 Å². The third kappa shape index (κ3) is 4.20. The fourth-order valence-corrected chi connectivity index (χ4v) is 4.07. The molecule has 0 radical (unpaired) electrons. The molecule has 4 rings (SSSR count). The summed E-state index contributed by atoms with van der Waals surface area (Å²) in [6.45, 7) is 0.703. The van der Waals surface area contributed by atoms with Gasteiger partial charge in [0.15, 0.2) is 0 Å². The summed E-state index contributed by atoms with van der Waals surface area (Å²) in [4.78, 5) is 30.7. The number of anilines is 1. The maximum Gasteiger partial charge on any atom is 0.416 e. The van der Waals surface area contributed by atoms with Gasteiger partial charge in [-0.2, -0.15) is 13.2 Å². The zero-order valence-electron chi connectivity index (χ0n) is 16.5. The molecule has 2 N–H and O–H groups in total. The van der Waals surface area contributed by atoms with Crippen molar-refractivity contribution in [2.45, 2.75) is 18.7 Å². The van der Waals surface area contributed by atoms with Gasteiger partial charge in [0, 0.05) is 48.1 Å². The Kier molecular flexibility index (Phi) is 5.34. The lowest BCUT2D eigenvalue weighted by atomic mass is 9.74. The van der Waals surface area contributed by atoms with Crippen LogP contribution in [0.3, 0.4) is 0 Å². The van der Waals surface area contributed by atoms with Gasteiger partial charge in [0.05, 0.1) is 18.8 Å². The van der Waals surface area contributed by atoms with Gasteiger partial charge in [-0.25, -0.2) is 4.98 Å². The van der Waals surface area contributed by atoms with Crippen molar-refractivity contribution in [3.63, 3.8) is 0 Å². The highest BCUT2D eigenvalue weighted by molar-refractivity contribution is 6.05. The van der Waals surface area contributed by atoms with E-state index >= 15 is 0 Å². The third-order valence-electron chi connectivity index (χ3n) is 5.79. The fraction of sp³-hybridized carbons (Fsp3) is 0.381. The van der Waals surface area contributed by atoms with Crippen molar-refractivity contribution in [1.82, 2.24) is 9.88 Å². The van der Waals surface area contributed by atoms with E-state index in [1.54, 1.807) is 0 Å². The zero-order chi connectivity index (χ0) is 22.3. The molecule has 164 valence electrons. The van der Waals surface area contributed by atoms with Crippen LogP contribution in [0.2, 0.25) is 0 Å². The van der Waals surface area contributed by atoms with E-state index in [1.165, 1.54) is 36.4 Å². The number of benzene rings is 1. The second kappa shape index (κ2) is 7.84. The predicted octanol–water partition coefficient (Wildman–Crippen LogP) is 2.81. The first-order chi connectivity index (χ1) is 14.7. The van der Waals surface area contributed by atoms with Crippen LogP contribution in [-0.4, -0.2) is 53.1 Å². The van der Waals surface area contributed by atoms with Crippen molar-refractivity contribution in [3.8, 4) is 5.88 Å². The average Bonchev–Trinajstić information content (AvgIpc) is 3.09. The minimum Gasteiger partial charge on any atom is -0.481 e. The summed E-state index contributed by atoms with van der Waals surface area (Å²) in [5, 5.41) is 12.2. The van der Waals surface area contributed by atoms with Crippen molar-refractivity contribution in [2.75, 3.05) is 25.5 Å². The number of aromatic nitrogens is 1. The number of nitrogens with one attached hydrogen (secondary N) is 1. The van der Waals surface area contributed by atoms with E-state index in [0.29, 0.717) is 19.5 Å². The Morgan fingerprint density at radius 3 is 2.61 bits per heavy atom. The van der Waals surface area contributed by atoms with Crippen LogP contribution in [0, 0.1) is 11.8 Å². The van der Waals surface area contributed by atoms with Gasteiger partial charge in [-0.3, -0.25) is 9.59 Å². The monoisotopic (exact) mass is 435 g/mol. The molecular weight excluding hydrogens is 415 g/mol. The first kappa shape index (κ1) is 21.1. The minimum absolute atomic E-state index is 0.0319. The number of fused-ring (bicyclic) bond motifs is 1. The minimum atomic E-state index is -4.70. The van der Waals surface area contributed by atoms with E-state index in [1.807, 2.05) is 0 Å². The highest BCUT2D eigenvalue weighted by atomic mass is 19.4. The highest BCUT2D eigenvalue weighted by Crippen LogP contribution is 2.41. The standard InChI is InChI=1S/C21H20F3N3O4/c1-31-18-7-11(2-3-25-18)19(29)26-15-5-12(4-14(8-15)21(22,23)24)20(30)27-9-13-6-17(28)16(13)10-27/h2-5,7-8,13,16-17,28H,6,9-10H2,1H3,(H,26,29)/t13-,16+,17-/m0/s1. The van der Waals surface area contributed by atoms with Crippen LogP contribution in [0.25, 0.3) is 0 Å². The van der Waals surface area contributed by atoms with E-state index in [0.717, 1.165) is 12.1 Å². The molecule has 0 unspecified atom stereocenters. The molecule has 1 aromatic heterocycles. The van der Waals surface area contributed by atoms with E-state index in [4.69, 9.17) is 4.74 Å². The number of aliphatic hydroxyl groups is 1. The number of pyridine rings is 1. The molecule has 7 nitrogen and oxygen atoms in total. The molecule has 3 atom stereocenters. The summed E-state index contributed by atoms with van der Waals surface area (Å²) < 4.78 is 45.3. The second-order valence-corrected chi connectivity index (χ2v) is 7.77. The van der Waals surface area contributed by atoms with Crippen molar-refractivity contribution < 1.29 is 32.6 Å². The molecule has 2 aromatic rings. The van der Waals surface area contributed by atoms with Crippen LogP contribution in [0.5, 0.6) is 5.88 Å². The number of carbonyl (C=O) groups is 2. The van der Waals surface area contributed by atoms with E-state index in [9.17, 15) is 27.9 Å². The van der Waals surface area contributed by atoms with Gasteiger partial charge >= 0.3 is 6.18 Å². The lowest BCUT2D eigenvalue weighted by Crippen LogP contribution is -2.39. The number of hydrogen-bond donors (Lipinski definition) is 2. The van der Waals surface area contributed by atoms with Gasteiger partial charge in [-0.05, 0) is 36.6 Å². The number of rotatable bonds is 4. The fourth-order valence-electron chi connectivity index (χ4n) is 4.07. The number of carbonyl (C=O) groups excluding carboxylic acids is 2. The Labute approximate surface area is 175 Å². The number of amides is 2. The van der Waals surface area contributed by atoms with Crippen molar-refractivity contribution in [1.29, 1.82) is 0 Å². The van der Waals surface area contributed by atoms with Gasteiger partial charge in [0.1, 0.15) is 0 Å². The number of nitrogens with zero attached hydrogens (tertiary/aromatic N) is 2. The summed E-state index contributed by atoms with van der Waals surface area (Å²) in [5.74, 6) is -0.908. The maximum absolute atomic E-state index is 13.4. The lowest BCUT2D eigenvalue weighted by molar-refractivity contribution is -0.137. The van der Waals surface area contributed by atoms with Crippen LogP contribution >= 0.6 is 0 Å². The van der Waals surface area contributed by atoms with Gasteiger partial charge in [-0.15, -0.1) is 0 Å². The normalized spacial score (nSPS) is 22.5. The van der Waals surface area contributed by atoms with Crippen LogP contribution in [0.4, 0.5) is 18.9 Å². The number of hydrogen-bond acceptors (Lipinski definition) is 5. The Balaban J connectivity index is 1.60. The first-order valence-electron chi connectivity index (χ1n) is 9.66. The third-order valence-corrected chi connectivity index (χ3v) is 5.79. The smallest absolute Gasteiger partial charge is 0.416 e. The molecule has 2 fully saturated rings. The molecular formula is C21H20F3N3O4. The summed E-state index contributed by atoms with van der Waals surface area (Å²) in [6.07, 6.45) is -3.24. The molecule has 1 aliphatic carbocycles. The van der Waals surface area contributed by atoms with E-state index in [-0.39, 0.29) is 34.5 Å². The predicted molar refractivity (Wildman–Crippen MR) is 104 cm³/mol. The molecule has 1 saturated heterocycles. The Morgan fingerprint density at radius 1 is 1.19 bits per heavy atom. The largest absolute Gasteiger partial charge is 0.481 e. The molecule has 10 heteroatoms. The van der Waals surface area contributed by atoms with E-state index < -0.39 is 29.7 Å². The van der Waals surface area contributed by atoms with Gasteiger partial charge in [0.25, 0.3) is 11.8 Å². The van der Waals surface area contributed by atoms with Crippen molar-refractivity contribution in [2.24, 2.45) is 11.8 Å². The quantitative estimate of drug-likeness (QED) is 0.771. The number of ether oxygens (including phenoxy) is 1. The molecule has 2 heterocycles.